The van der Waals surface area contributed by atoms with Crippen molar-refractivity contribution < 1.29 is 14.3 Å². The third kappa shape index (κ3) is 4.72. The molecule has 27 heavy (non-hydrogen) atoms. The van der Waals surface area contributed by atoms with E-state index in [2.05, 4.69) is 20.6 Å². The molecule has 138 valence electrons. The largest absolute Gasteiger partial charge is 0.493 e. The summed E-state index contributed by atoms with van der Waals surface area (Å²) in [4.78, 5) is 20.6. The minimum atomic E-state index is -0.176. The number of nitrogens with zero attached hydrogens (tertiary/aromatic N) is 2. The SMILES string of the molecule is COc1ccc(Nc2cc(C(=O)NCc3ccncc3)ccn2)cc1OC. The molecular formula is C20H20N4O3. The van der Waals surface area contributed by atoms with Crippen molar-refractivity contribution in [2.45, 2.75) is 6.54 Å². The Morgan fingerprint density at radius 3 is 2.48 bits per heavy atom. The lowest BCUT2D eigenvalue weighted by Gasteiger charge is -2.11. The van der Waals surface area contributed by atoms with Crippen molar-refractivity contribution in [2.24, 2.45) is 0 Å². The number of pyridine rings is 2. The Kier molecular flexibility index (Phi) is 5.84. The fourth-order valence-corrected chi connectivity index (χ4v) is 2.49. The Balaban J connectivity index is 1.69. The Morgan fingerprint density at radius 2 is 1.74 bits per heavy atom. The molecular weight excluding hydrogens is 344 g/mol. The Labute approximate surface area is 157 Å². The number of benzene rings is 1. The number of rotatable bonds is 7. The molecule has 2 heterocycles. The van der Waals surface area contributed by atoms with Crippen LogP contribution in [0.25, 0.3) is 0 Å². The van der Waals surface area contributed by atoms with Crippen LogP contribution in [0.1, 0.15) is 15.9 Å². The minimum Gasteiger partial charge on any atom is -0.493 e. The van der Waals surface area contributed by atoms with Gasteiger partial charge in [-0.15, -0.1) is 0 Å². The second-order valence-electron chi connectivity index (χ2n) is 5.66. The number of hydrogen-bond donors (Lipinski definition) is 2. The van der Waals surface area contributed by atoms with Crippen molar-refractivity contribution in [1.29, 1.82) is 0 Å². The number of anilines is 2. The summed E-state index contributed by atoms with van der Waals surface area (Å²) in [6, 6.07) is 12.5. The second kappa shape index (κ2) is 8.66. The van der Waals surface area contributed by atoms with Crippen LogP contribution in [0, 0.1) is 0 Å². The van der Waals surface area contributed by atoms with Gasteiger partial charge < -0.3 is 20.1 Å². The summed E-state index contributed by atoms with van der Waals surface area (Å²) in [7, 11) is 3.16. The first kappa shape index (κ1) is 18.2. The maximum Gasteiger partial charge on any atom is 0.251 e. The predicted molar refractivity (Wildman–Crippen MR) is 102 cm³/mol. The summed E-state index contributed by atoms with van der Waals surface area (Å²) in [6.45, 7) is 0.433. The average Bonchev–Trinajstić information content (AvgIpc) is 2.73. The van der Waals surface area contributed by atoms with Crippen molar-refractivity contribution in [3.8, 4) is 11.5 Å². The zero-order chi connectivity index (χ0) is 19.1. The third-order valence-electron chi connectivity index (χ3n) is 3.88. The summed E-state index contributed by atoms with van der Waals surface area (Å²) < 4.78 is 10.5. The van der Waals surface area contributed by atoms with Gasteiger partial charge >= 0.3 is 0 Å². The van der Waals surface area contributed by atoms with Gasteiger partial charge in [0, 0.05) is 42.5 Å². The number of amides is 1. The van der Waals surface area contributed by atoms with Gasteiger partial charge in [-0.05, 0) is 42.0 Å². The van der Waals surface area contributed by atoms with Crippen molar-refractivity contribution in [1.82, 2.24) is 15.3 Å². The smallest absolute Gasteiger partial charge is 0.251 e. The zero-order valence-electron chi connectivity index (χ0n) is 15.1. The highest BCUT2D eigenvalue weighted by atomic mass is 16.5. The van der Waals surface area contributed by atoms with Gasteiger partial charge in [-0.25, -0.2) is 4.98 Å². The number of hydrogen-bond acceptors (Lipinski definition) is 6. The van der Waals surface area contributed by atoms with Gasteiger partial charge in [-0.1, -0.05) is 0 Å². The monoisotopic (exact) mass is 364 g/mol. The molecule has 0 unspecified atom stereocenters. The number of methoxy groups -OCH3 is 2. The van der Waals surface area contributed by atoms with E-state index in [4.69, 9.17) is 9.47 Å². The Hall–Kier alpha value is -3.61. The molecule has 7 nitrogen and oxygen atoms in total. The van der Waals surface area contributed by atoms with E-state index in [0.29, 0.717) is 29.4 Å². The molecule has 3 rings (SSSR count). The molecule has 2 N–H and O–H groups in total. The van der Waals surface area contributed by atoms with Crippen LogP contribution in [0.3, 0.4) is 0 Å². The van der Waals surface area contributed by atoms with E-state index in [9.17, 15) is 4.79 Å². The Morgan fingerprint density at radius 1 is 0.963 bits per heavy atom. The summed E-state index contributed by atoms with van der Waals surface area (Å²) in [5, 5.41) is 6.04. The van der Waals surface area contributed by atoms with Crippen LogP contribution in [0.2, 0.25) is 0 Å². The summed E-state index contributed by atoms with van der Waals surface area (Å²) in [5.41, 5.74) is 2.27. The number of nitrogens with one attached hydrogen (secondary N) is 2. The number of carbonyl (C=O) groups excluding carboxylic acids is 1. The number of carbonyl (C=O) groups is 1. The van der Waals surface area contributed by atoms with Gasteiger partial charge in [0.05, 0.1) is 14.2 Å². The van der Waals surface area contributed by atoms with Crippen LogP contribution in [-0.4, -0.2) is 30.1 Å². The predicted octanol–water partition coefficient (Wildman–Crippen LogP) is 3.17. The lowest BCUT2D eigenvalue weighted by molar-refractivity contribution is 0.0951. The highest BCUT2D eigenvalue weighted by Crippen LogP contribution is 2.30. The molecule has 1 amide bonds. The molecule has 0 saturated carbocycles. The van der Waals surface area contributed by atoms with Gasteiger partial charge in [0.2, 0.25) is 0 Å². The van der Waals surface area contributed by atoms with E-state index < -0.39 is 0 Å². The molecule has 0 aliphatic rings. The van der Waals surface area contributed by atoms with Gasteiger partial charge in [-0.3, -0.25) is 9.78 Å². The van der Waals surface area contributed by atoms with Crippen molar-refractivity contribution in [3.63, 3.8) is 0 Å². The lowest BCUT2D eigenvalue weighted by atomic mass is 10.2. The quantitative estimate of drug-likeness (QED) is 0.670. The molecule has 0 fully saturated rings. The highest BCUT2D eigenvalue weighted by Gasteiger charge is 2.09. The second-order valence-corrected chi connectivity index (χ2v) is 5.66. The molecule has 1 aromatic carbocycles. The molecule has 0 radical (unpaired) electrons. The standard InChI is InChI=1S/C20H20N4O3/c1-26-17-4-3-16(12-18(17)27-2)24-19-11-15(7-10-22-19)20(25)23-13-14-5-8-21-9-6-14/h3-12H,13H2,1-2H3,(H,22,24)(H,23,25). The molecule has 0 aliphatic heterocycles. The van der Waals surface area contributed by atoms with E-state index in [1.54, 1.807) is 57.1 Å². The fourth-order valence-electron chi connectivity index (χ4n) is 2.49. The van der Waals surface area contributed by atoms with E-state index in [0.717, 1.165) is 11.3 Å². The van der Waals surface area contributed by atoms with Crippen LogP contribution in [-0.2, 0) is 6.54 Å². The number of aromatic nitrogens is 2. The summed E-state index contributed by atoms with van der Waals surface area (Å²) in [5.74, 6) is 1.62. The molecule has 0 aliphatic carbocycles. The van der Waals surface area contributed by atoms with Gasteiger partial charge in [-0.2, -0.15) is 0 Å². The molecule has 0 spiro atoms. The molecule has 2 aromatic heterocycles. The molecule has 0 bridgehead atoms. The first-order valence-corrected chi connectivity index (χ1v) is 8.32. The first-order chi connectivity index (χ1) is 13.2. The summed E-state index contributed by atoms with van der Waals surface area (Å²) in [6.07, 6.45) is 4.97. The maximum atomic E-state index is 12.4. The lowest BCUT2D eigenvalue weighted by Crippen LogP contribution is -2.22. The van der Waals surface area contributed by atoms with Crippen molar-refractivity contribution in [3.05, 3.63) is 72.2 Å². The normalized spacial score (nSPS) is 10.1. The first-order valence-electron chi connectivity index (χ1n) is 8.32. The van der Waals surface area contributed by atoms with E-state index in [1.165, 1.54) is 0 Å². The van der Waals surface area contributed by atoms with E-state index >= 15 is 0 Å². The fraction of sp³-hybridized carbons (Fsp3) is 0.150. The Bertz CT molecular complexity index is 916. The molecule has 0 atom stereocenters. The van der Waals surface area contributed by atoms with E-state index in [-0.39, 0.29) is 5.91 Å². The van der Waals surface area contributed by atoms with Gasteiger partial charge in [0.15, 0.2) is 11.5 Å². The van der Waals surface area contributed by atoms with Crippen LogP contribution in [0.15, 0.2) is 61.1 Å². The van der Waals surface area contributed by atoms with Gasteiger partial charge in [0.25, 0.3) is 5.91 Å². The molecule has 0 saturated heterocycles. The van der Waals surface area contributed by atoms with Crippen molar-refractivity contribution >= 4 is 17.4 Å². The number of ether oxygens (including phenoxy) is 2. The highest BCUT2D eigenvalue weighted by molar-refractivity contribution is 5.94. The minimum absolute atomic E-state index is 0.176. The summed E-state index contributed by atoms with van der Waals surface area (Å²) >= 11 is 0. The van der Waals surface area contributed by atoms with Crippen LogP contribution in [0.4, 0.5) is 11.5 Å². The third-order valence-corrected chi connectivity index (χ3v) is 3.88. The molecule has 7 heteroatoms. The van der Waals surface area contributed by atoms with E-state index in [1.807, 2.05) is 18.2 Å². The maximum absolute atomic E-state index is 12.4. The van der Waals surface area contributed by atoms with Gasteiger partial charge in [0.1, 0.15) is 5.82 Å². The zero-order valence-corrected chi connectivity index (χ0v) is 15.1. The average molecular weight is 364 g/mol. The molecule has 3 aromatic rings. The van der Waals surface area contributed by atoms with Crippen LogP contribution >= 0.6 is 0 Å². The van der Waals surface area contributed by atoms with Crippen LogP contribution < -0.4 is 20.1 Å². The van der Waals surface area contributed by atoms with Crippen LogP contribution in [0.5, 0.6) is 11.5 Å². The van der Waals surface area contributed by atoms with Crippen molar-refractivity contribution in [2.75, 3.05) is 19.5 Å². The topological polar surface area (TPSA) is 85.4 Å².